The van der Waals surface area contributed by atoms with Gasteiger partial charge in [-0.05, 0) is 61.8 Å². The van der Waals surface area contributed by atoms with E-state index in [0.717, 1.165) is 31.5 Å². The van der Waals surface area contributed by atoms with Crippen LogP contribution in [0.2, 0.25) is 0 Å². The van der Waals surface area contributed by atoms with Gasteiger partial charge in [-0.1, -0.05) is 0 Å². The number of rotatable bonds is 4. The van der Waals surface area contributed by atoms with Gasteiger partial charge in [-0.2, -0.15) is 0 Å². The van der Waals surface area contributed by atoms with E-state index in [2.05, 4.69) is 10.3 Å². The molecule has 1 saturated heterocycles. The van der Waals surface area contributed by atoms with Gasteiger partial charge in [0.25, 0.3) is 17.7 Å². The Hall–Kier alpha value is -3.06. The predicted molar refractivity (Wildman–Crippen MR) is 103 cm³/mol. The van der Waals surface area contributed by atoms with Gasteiger partial charge in [0.2, 0.25) is 0 Å². The molecule has 0 saturated carbocycles. The molecule has 0 bridgehead atoms. The Bertz CT molecular complexity index is 923. The molecule has 3 heterocycles. The summed E-state index contributed by atoms with van der Waals surface area (Å²) >= 11 is 0. The SMILES string of the molecule is CN(C(=O)c1ccc2c(c1)C(=O)N(Cc1ccncc1)C2=O)C1CCNCC1. The Morgan fingerprint density at radius 1 is 1.11 bits per heavy atom. The average Bonchev–Trinajstić information content (AvgIpc) is 2.98. The Labute approximate surface area is 163 Å². The third-order valence-electron chi connectivity index (χ3n) is 5.48. The lowest BCUT2D eigenvalue weighted by atomic mass is 10.0. The molecule has 0 aliphatic carbocycles. The van der Waals surface area contributed by atoms with Gasteiger partial charge in [-0.15, -0.1) is 0 Å². The summed E-state index contributed by atoms with van der Waals surface area (Å²) in [6.07, 6.45) is 5.07. The maximum Gasteiger partial charge on any atom is 0.261 e. The fourth-order valence-corrected chi connectivity index (χ4v) is 3.80. The zero-order valence-electron chi connectivity index (χ0n) is 15.7. The number of nitrogens with zero attached hydrogens (tertiary/aromatic N) is 3. The Balaban J connectivity index is 1.55. The van der Waals surface area contributed by atoms with E-state index in [9.17, 15) is 14.4 Å². The molecular weight excluding hydrogens is 356 g/mol. The van der Waals surface area contributed by atoms with E-state index >= 15 is 0 Å². The summed E-state index contributed by atoms with van der Waals surface area (Å²) in [7, 11) is 1.80. The number of aromatic nitrogens is 1. The van der Waals surface area contributed by atoms with Gasteiger partial charge in [0.05, 0.1) is 17.7 Å². The molecule has 1 aromatic heterocycles. The average molecular weight is 378 g/mol. The predicted octanol–water partition coefficient (Wildman–Crippen LogP) is 1.70. The molecule has 1 fully saturated rings. The van der Waals surface area contributed by atoms with Crippen molar-refractivity contribution in [2.45, 2.75) is 25.4 Å². The number of hydrogen-bond acceptors (Lipinski definition) is 5. The van der Waals surface area contributed by atoms with Crippen LogP contribution in [0.3, 0.4) is 0 Å². The van der Waals surface area contributed by atoms with Crippen molar-refractivity contribution in [2.75, 3.05) is 20.1 Å². The highest BCUT2D eigenvalue weighted by molar-refractivity contribution is 6.22. The zero-order chi connectivity index (χ0) is 19.7. The van der Waals surface area contributed by atoms with Gasteiger partial charge in [0.1, 0.15) is 0 Å². The minimum atomic E-state index is -0.365. The number of benzene rings is 1. The standard InChI is InChI=1S/C21H22N4O3/c1-24(16-6-10-23-11-7-16)19(26)15-2-3-17-18(12-15)21(28)25(20(17)27)13-14-4-8-22-9-5-14/h2-5,8-9,12,16,23H,6-7,10-11,13H2,1H3. The van der Waals surface area contributed by atoms with Crippen LogP contribution in [0.1, 0.15) is 49.5 Å². The fraction of sp³-hybridized carbons (Fsp3) is 0.333. The lowest BCUT2D eigenvalue weighted by Gasteiger charge is -2.31. The highest BCUT2D eigenvalue weighted by atomic mass is 16.2. The van der Waals surface area contributed by atoms with Gasteiger partial charge in [0, 0.05) is 31.0 Å². The maximum absolute atomic E-state index is 12.9. The lowest BCUT2D eigenvalue weighted by Crippen LogP contribution is -2.44. The monoisotopic (exact) mass is 378 g/mol. The first-order valence-electron chi connectivity index (χ1n) is 9.43. The molecule has 2 aromatic rings. The first kappa shape index (κ1) is 18.3. The first-order chi connectivity index (χ1) is 13.6. The number of piperidine rings is 1. The minimum absolute atomic E-state index is 0.123. The van der Waals surface area contributed by atoms with Crippen molar-refractivity contribution >= 4 is 17.7 Å². The minimum Gasteiger partial charge on any atom is -0.339 e. The summed E-state index contributed by atoms with van der Waals surface area (Å²) in [5.41, 5.74) is 1.90. The van der Waals surface area contributed by atoms with Crippen LogP contribution in [0.4, 0.5) is 0 Å². The van der Waals surface area contributed by atoms with Gasteiger partial charge in [-0.25, -0.2) is 0 Å². The van der Waals surface area contributed by atoms with Crippen LogP contribution in [0.15, 0.2) is 42.7 Å². The summed E-state index contributed by atoms with van der Waals surface area (Å²) in [4.78, 5) is 45.3. The van der Waals surface area contributed by atoms with Crippen LogP contribution in [-0.4, -0.2) is 58.7 Å². The molecule has 1 N–H and O–H groups in total. The van der Waals surface area contributed by atoms with Crippen molar-refractivity contribution in [1.82, 2.24) is 20.1 Å². The van der Waals surface area contributed by atoms with Gasteiger partial charge in [0.15, 0.2) is 0 Å². The number of fused-ring (bicyclic) bond motifs is 1. The van der Waals surface area contributed by atoms with E-state index in [1.807, 2.05) is 0 Å². The van der Waals surface area contributed by atoms with Crippen LogP contribution in [-0.2, 0) is 6.54 Å². The highest BCUT2D eigenvalue weighted by Crippen LogP contribution is 2.26. The molecule has 3 amide bonds. The lowest BCUT2D eigenvalue weighted by molar-refractivity contribution is 0.0641. The van der Waals surface area contributed by atoms with Crippen molar-refractivity contribution in [3.05, 3.63) is 65.0 Å². The second-order valence-electron chi connectivity index (χ2n) is 7.21. The summed E-state index contributed by atoms with van der Waals surface area (Å²) < 4.78 is 0. The van der Waals surface area contributed by atoms with Crippen LogP contribution in [0.5, 0.6) is 0 Å². The number of carbonyl (C=O) groups excluding carboxylic acids is 3. The largest absolute Gasteiger partial charge is 0.339 e. The van der Waals surface area contributed by atoms with Crippen LogP contribution >= 0.6 is 0 Å². The summed E-state index contributed by atoms with van der Waals surface area (Å²) in [6, 6.07) is 8.51. The highest BCUT2D eigenvalue weighted by Gasteiger charge is 2.36. The van der Waals surface area contributed by atoms with E-state index in [4.69, 9.17) is 0 Å². The van der Waals surface area contributed by atoms with E-state index < -0.39 is 0 Å². The topological polar surface area (TPSA) is 82.6 Å². The summed E-state index contributed by atoms with van der Waals surface area (Å²) in [5, 5.41) is 3.29. The van der Waals surface area contributed by atoms with E-state index in [0.29, 0.717) is 16.7 Å². The quantitative estimate of drug-likeness (QED) is 0.819. The normalized spacial score (nSPS) is 17.0. The maximum atomic E-state index is 12.9. The molecule has 2 aliphatic heterocycles. The molecule has 0 unspecified atom stereocenters. The molecule has 4 rings (SSSR count). The van der Waals surface area contributed by atoms with Crippen molar-refractivity contribution < 1.29 is 14.4 Å². The van der Waals surface area contributed by atoms with Gasteiger partial charge < -0.3 is 10.2 Å². The second kappa shape index (κ2) is 7.52. The number of amides is 3. The van der Waals surface area contributed by atoms with Gasteiger partial charge in [-0.3, -0.25) is 24.3 Å². The molecule has 144 valence electrons. The van der Waals surface area contributed by atoms with E-state index in [1.165, 1.54) is 4.90 Å². The Kier molecular flexibility index (Phi) is 4.92. The Morgan fingerprint density at radius 3 is 2.50 bits per heavy atom. The number of nitrogens with one attached hydrogen (secondary N) is 1. The fourth-order valence-electron chi connectivity index (χ4n) is 3.80. The number of pyridine rings is 1. The third-order valence-corrected chi connectivity index (χ3v) is 5.48. The van der Waals surface area contributed by atoms with Crippen LogP contribution in [0.25, 0.3) is 0 Å². The smallest absolute Gasteiger partial charge is 0.261 e. The summed E-state index contributed by atoms with van der Waals surface area (Å²) in [5.74, 6) is -0.818. The molecule has 2 aliphatic rings. The van der Waals surface area contributed by atoms with Crippen molar-refractivity contribution in [2.24, 2.45) is 0 Å². The molecular formula is C21H22N4O3. The summed E-state index contributed by atoms with van der Waals surface area (Å²) in [6.45, 7) is 1.97. The number of hydrogen-bond donors (Lipinski definition) is 1. The van der Waals surface area contributed by atoms with Crippen molar-refractivity contribution in [1.29, 1.82) is 0 Å². The number of imide groups is 1. The molecule has 7 nitrogen and oxygen atoms in total. The number of carbonyl (C=O) groups is 3. The van der Waals surface area contributed by atoms with Crippen LogP contribution < -0.4 is 5.32 Å². The van der Waals surface area contributed by atoms with Crippen molar-refractivity contribution in [3.8, 4) is 0 Å². The second-order valence-corrected chi connectivity index (χ2v) is 7.21. The molecule has 28 heavy (non-hydrogen) atoms. The first-order valence-corrected chi connectivity index (χ1v) is 9.43. The zero-order valence-corrected chi connectivity index (χ0v) is 15.7. The van der Waals surface area contributed by atoms with Crippen LogP contribution in [0, 0.1) is 0 Å². The Morgan fingerprint density at radius 2 is 1.79 bits per heavy atom. The molecule has 0 radical (unpaired) electrons. The van der Waals surface area contributed by atoms with Gasteiger partial charge >= 0.3 is 0 Å². The molecule has 7 heteroatoms. The van der Waals surface area contributed by atoms with E-state index in [1.54, 1.807) is 54.7 Å². The third kappa shape index (κ3) is 3.29. The molecule has 0 atom stereocenters. The molecule has 0 spiro atoms. The van der Waals surface area contributed by atoms with E-state index in [-0.39, 0.29) is 30.3 Å². The van der Waals surface area contributed by atoms with Crippen molar-refractivity contribution in [3.63, 3.8) is 0 Å². The molecule has 1 aromatic carbocycles.